The van der Waals surface area contributed by atoms with Crippen LogP contribution in [0.4, 0.5) is 5.69 Å². The van der Waals surface area contributed by atoms with Crippen LogP contribution in [-0.4, -0.2) is 18.0 Å². The molecular weight excluding hydrogens is 230 g/mol. The third-order valence-electron chi connectivity index (χ3n) is 2.63. The summed E-state index contributed by atoms with van der Waals surface area (Å²) in [5.74, 6) is 0.461. The van der Waals surface area contributed by atoms with Crippen LogP contribution in [0.25, 0.3) is 0 Å². The van der Waals surface area contributed by atoms with E-state index in [9.17, 15) is 9.90 Å². The van der Waals surface area contributed by atoms with Crippen molar-refractivity contribution in [3.63, 3.8) is 0 Å². The molecule has 0 radical (unpaired) electrons. The fourth-order valence-corrected chi connectivity index (χ4v) is 1.64. The number of ketones is 1. The van der Waals surface area contributed by atoms with Gasteiger partial charge in [0.05, 0.1) is 7.11 Å². The van der Waals surface area contributed by atoms with Crippen molar-refractivity contribution < 1.29 is 14.6 Å². The molecule has 0 spiro atoms. The van der Waals surface area contributed by atoms with Crippen molar-refractivity contribution in [2.24, 2.45) is 0 Å². The Morgan fingerprint density at radius 1 is 1.17 bits per heavy atom. The molecule has 2 rings (SSSR count). The Balaban J connectivity index is 2.38. The van der Waals surface area contributed by atoms with Gasteiger partial charge in [0.2, 0.25) is 0 Å². The third-order valence-corrected chi connectivity index (χ3v) is 2.63. The molecule has 2 aromatic rings. The fourth-order valence-electron chi connectivity index (χ4n) is 1.64. The zero-order valence-corrected chi connectivity index (χ0v) is 9.88. The minimum Gasteiger partial charge on any atom is -0.508 e. The lowest BCUT2D eigenvalue weighted by Gasteiger charge is -2.06. The summed E-state index contributed by atoms with van der Waals surface area (Å²) in [5.41, 5.74) is 6.85. The second-order valence-corrected chi connectivity index (χ2v) is 3.83. The topological polar surface area (TPSA) is 72.5 Å². The Kier molecular flexibility index (Phi) is 3.19. The van der Waals surface area contributed by atoms with Gasteiger partial charge >= 0.3 is 0 Å². The van der Waals surface area contributed by atoms with Gasteiger partial charge in [0, 0.05) is 16.8 Å². The van der Waals surface area contributed by atoms with Gasteiger partial charge in [-0.1, -0.05) is 0 Å². The highest BCUT2D eigenvalue weighted by Crippen LogP contribution is 2.22. The standard InChI is InChI=1S/C14H13NO3/c1-18-11-5-2-9(3-6-11)14(17)12-8-10(16)4-7-13(12)15/h2-8,16H,15H2,1H3. The Bertz CT molecular complexity index is 576. The number of carbonyl (C=O) groups is 1. The number of phenolic OH excluding ortho intramolecular Hbond substituents is 1. The molecular formula is C14H13NO3. The first-order valence-electron chi connectivity index (χ1n) is 5.39. The summed E-state index contributed by atoms with van der Waals surface area (Å²) in [6.07, 6.45) is 0. The minimum absolute atomic E-state index is 0.0149. The number of phenols is 1. The molecule has 0 unspecified atom stereocenters. The Morgan fingerprint density at radius 3 is 2.44 bits per heavy atom. The van der Waals surface area contributed by atoms with Gasteiger partial charge in [0.25, 0.3) is 0 Å². The molecule has 0 aliphatic rings. The van der Waals surface area contributed by atoms with Crippen LogP contribution in [0, 0.1) is 0 Å². The summed E-state index contributed by atoms with van der Waals surface area (Å²) >= 11 is 0. The number of ether oxygens (including phenoxy) is 1. The van der Waals surface area contributed by atoms with Crippen LogP contribution < -0.4 is 10.5 Å². The number of rotatable bonds is 3. The van der Waals surface area contributed by atoms with Crippen molar-refractivity contribution in [3.05, 3.63) is 53.6 Å². The predicted molar refractivity (Wildman–Crippen MR) is 68.9 cm³/mol. The molecule has 4 heteroatoms. The monoisotopic (exact) mass is 243 g/mol. The van der Waals surface area contributed by atoms with Crippen LogP contribution in [0.3, 0.4) is 0 Å². The summed E-state index contributed by atoms with van der Waals surface area (Å²) < 4.78 is 5.02. The Morgan fingerprint density at radius 2 is 1.83 bits per heavy atom. The average molecular weight is 243 g/mol. The number of methoxy groups -OCH3 is 1. The maximum absolute atomic E-state index is 12.2. The smallest absolute Gasteiger partial charge is 0.195 e. The zero-order chi connectivity index (χ0) is 13.1. The van der Waals surface area contributed by atoms with E-state index < -0.39 is 0 Å². The van der Waals surface area contributed by atoms with Crippen molar-refractivity contribution in [1.82, 2.24) is 0 Å². The van der Waals surface area contributed by atoms with E-state index >= 15 is 0 Å². The van der Waals surface area contributed by atoms with Gasteiger partial charge in [-0.3, -0.25) is 4.79 Å². The van der Waals surface area contributed by atoms with Crippen LogP contribution in [0.5, 0.6) is 11.5 Å². The summed E-state index contributed by atoms with van der Waals surface area (Å²) in [4.78, 5) is 12.2. The highest BCUT2D eigenvalue weighted by molar-refractivity contribution is 6.12. The highest BCUT2D eigenvalue weighted by Gasteiger charge is 2.13. The molecule has 0 heterocycles. The molecule has 0 saturated carbocycles. The molecule has 18 heavy (non-hydrogen) atoms. The van der Waals surface area contributed by atoms with Gasteiger partial charge in [0.15, 0.2) is 5.78 Å². The van der Waals surface area contributed by atoms with Gasteiger partial charge in [-0.25, -0.2) is 0 Å². The van der Waals surface area contributed by atoms with Crippen LogP contribution in [0.15, 0.2) is 42.5 Å². The number of nitrogen functional groups attached to an aromatic ring is 1. The maximum Gasteiger partial charge on any atom is 0.195 e. The lowest BCUT2D eigenvalue weighted by atomic mass is 10.0. The van der Waals surface area contributed by atoms with E-state index in [2.05, 4.69) is 0 Å². The molecule has 0 aliphatic heterocycles. The molecule has 0 aromatic heterocycles. The number of hydrogen-bond acceptors (Lipinski definition) is 4. The molecule has 0 atom stereocenters. The molecule has 4 nitrogen and oxygen atoms in total. The van der Waals surface area contributed by atoms with Crippen LogP contribution in [-0.2, 0) is 0 Å². The average Bonchev–Trinajstić information content (AvgIpc) is 2.41. The molecule has 0 aliphatic carbocycles. The molecule has 3 N–H and O–H groups in total. The van der Waals surface area contributed by atoms with Crippen LogP contribution in [0.2, 0.25) is 0 Å². The summed E-state index contributed by atoms with van der Waals surface area (Å²) in [7, 11) is 1.56. The van der Waals surface area contributed by atoms with Crippen molar-refractivity contribution in [1.29, 1.82) is 0 Å². The van der Waals surface area contributed by atoms with E-state index in [1.807, 2.05) is 0 Å². The van der Waals surface area contributed by atoms with Crippen LogP contribution in [0.1, 0.15) is 15.9 Å². The number of aromatic hydroxyl groups is 1. The van der Waals surface area contributed by atoms with E-state index in [0.29, 0.717) is 22.6 Å². The first-order chi connectivity index (χ1) is 8.61. The second kappa shape index (κ2) is 4.79. The number of benzene rings is 2. The molecule has 0 saturated heterocycles. The van der Waals surface area contributed by atoms with E-state index in [1.54, 1.807) is 31.4 Å². The van der Waals surface area contributed by atoms with Crippen LogP contribution >= 0.6 is 0 Å². The summed E-state index contributed by atoms with van der Waals surface area (Å²) in [5, 5.41) is 9.39. The van der Waals surface area contributed by atoms with Crippen molar-refractivity contribution in [2.45, 2.75) is 0 Å². The fraction of sp³-hybridized carbons (Fsp3) is 0.0714. The number of carbonyl (C=O) groups excluding carboxylic acids is 1. The van der Waals surface area contributed by atoms with E-state index in [-0.39, 0.29) is 11.5 Å². The molecule has 0 amide bonds. The molecule has 92 valence electrons. The van der Waals surface area contributed by atoms with Gasteiger partial charge < -0.3 is 15.6 Å². The Hall–Kier alpha value is -2.49. The largest absolute Gasteiger partial charge is 0.508 e. The second-order valence-electron chi connectivity index (χ2n) is 3.83. The summed E-state index contributed by atoms with van der Waals surface area (Å²) in [6.45, 7) is 0. The first kappa shape index (κ1) is 12.0. The van der Waals surface area contributed by atoms with Gasteiger partial charge in [-0.15, -0.1) is 0 Å². The number of nitrogens with two attached hydrogens (primary N) is 1. The van der Waals surface area contributed by atoms with E-state index in [0.717, 1.165) is 0 Å². The number of hydrogen-bond donors (Lipinski definition) is 2. The highest BCUT2D eigenvalue weighted by atomic mass is 16.5. The maximum atomic E-state index is 12.2. The first-order valence-corrected chi connectivity index (χ1v) is 5.39. The molecule has 0 fully saturated rings. The van der Waals surface area contributed by atoms with Crippen molar-refractivity contribution in [3.8, 4) is 11.5 Å². The van der Waals surface area contributed by atoms with Crippen molar-refractivity contribution >= 4 is 11.5 Å². The summed E-state index contributed by atoms with van der Waals surface area (Å²) in [6, 6.07) is 11.0. The molecule has 0 bridgehead atoms. The molecule has 2 aromatic carbocycles. The quantitative estimate of drug-likeness (QED) is 0.492. The van der Waals surface area contributed by atoms with Gasteiger partial charge in [-0.2, -0.15) is 0 Å². The van der Waals surface area contributed by atoms with Gasteiger partial charge in [-0.05, 0) is 42.5 Å². The minimum atomic E-state index is -0.231. The van der Waals surface area contributed by atoms with E-state index in [1.165, 1.54) is 18.2 Å². The van der Waals surface area contributed by atoms with Crippen molar-refractivity contribution in [2.75, 3.05) is 12.8 Å². The number of anilines is 1. The lowest BCUT2D eigenvalue weighted by Crippen LogP contribution is -2.05. The normalized spacial score (nSPS) is 10.1. The van der Waals surface area contributed by atoms with Gasteiger partial charge in [0.1, 0.15) is 11.5 Å². The van der Waals surface area contributed by atoms with E-state index in [4.69, 9.17) is 10.5 Å². The predicted octanol–water partition coefficient (Wildman–Crippen LogP) is 2.21. The lowest BCUT2D eigenvalue weighted by molar-refractivity contribution is 0.103. The Labute approximate surface area is 105 Å². The third kappa shape index (κ3) is 2.27. The SMILES string of the molecule is COc1ccc(C(=O)c2cc(O)ccc2N)cc1. The zero-order valence-electron chi connectivity index (χ0n) is 9.88.